The first-order chi connectivity index (χ1) is 10.3. The summed E-state index contributed by atoms with van der Waals surface area (Å²) in [6.45, 7) is 7.62. The molecule has 0 saturated carbocycles. The van der Waals surface area contributed by atoms with E-state index in [9.17, 15) is 0 Å². The number of ether oxygens (including phenoxy) is 1. The average Bonchev–Trinajstić information content (AvgIpc) is 2.51. The number of hydrogen-bond donors (Lipinski definition) is 1. The maximum atomic E-state index is 5.94. The lowest BCUT2D eigenvalue weighted by molar-refractivity contribution is 0.174. The van der Waals surface area contributed by atoms with Gasteiger partial charge in [-0.1, -0.05) is 31.5 Å². The monoisotopic (exact) mass is 290 g/mol. The van der Waals surface area contributed by atoms with Crippen molar-refractivity contribution in [3.05, 3.63) is 29.8 Å². The van der Waals surface area contributed by atoms with E-state index in [0.717, 1.165) is 37.8 Å². The molecule has 1 aromatic rings. The van der Waals surface area contributed by atoms with E-state index < -0.39 is 0 Å². The molecule has 1 N–H and O–H groups in total. The highest BCUT2D eigenvalue weighted by molar-refractivity contribution is 5.33. The zero-order valence-corrected chi connectivity index (χ0v) is 13.6. The molecule has 0 amide bonds. The van der Waals surface area contributed by atoms with Crippen molar-refractivity contribution in [2.75, 3.05) is 33.3 Å². The van der Waals surface area contributed by atoms with Crippen LogP contribution in [0.2, 0.25) is 0 Å². The summed E-state index contributed by atoms with van der Waals surface area (Å²) in [6, 6.07) is 8.51. The van der Waals surface area contributed by atoms with Crippen molar-refractivity contribution in [1.29, 1.82) is 0 Å². The molecule has 0 unspecified atom stereocenters. The van der Waals surface area contributed by atoms with Crippen LogP contribution in [0.3, 0.4) is 0 Å². The second kappa shape index (κ2) is 9.06. The highest BCUT2D eigenvalue weighted by Crippen LogP contribution is 2.23. The van der Waals surface area contributed by atoms with Gasteiger partial charge in [0.1, 0.15) is 5.75 Å². The molecule has 1 aliphatic heterocycles. The van der Waals surface area contributed by atoms with Crippen LogP contribution < -0.4 is 10.1 Å². The van der Waals surface area contributed by atoms with Gasteiger partial charge in [0, 0.05) is 12.1 Å². The molecule has 21 heavy (non-hydrogen) atoms. The predicted octanol–water partition coefficient (Wildman–Crippen LogP) is 3.30. The van der Waals surface area contributed by atoms with E-state index in [1.54, 1.807) is 0 Å². The fourth-order valence-electron chi connectivity index (χ4n) is 2.98. The van der Waals surface area contributed by atoms with E-state index in [2.05, 4.69) is 48.5 Å². The summed E-state index contributed by atoms with van der Waals surface area (Å²) >= 11 is 0. The van der Waals surface area contributed by atoms with Crippen LogP contribution in [0, 0.1) is 5.92 Å². The third-order valence-corrected chi connectivity index (χ3v) is 4.32. The second-order valence-electron chi connectivity index (χ2n) is 6.09. The zero-order valence-electron chi connectivity index (χ0n) is 13.6. The number of likely N-dealkylation sites (tertiary alicyclic amines) is 1. The van der Waals surface area contributed by atoms with Crippen LogP contribution >= 0.6 is 0 Å². The molecule has 1 aliphatic rings. The number of para-hydroxylation sites is 1. The number of nitrogens with zero attached hydrogens (tertiary/aromatic N) is 1. The van der Waals surface area contributed by atoms with Gasteiger partial charge >= 0.3 is 0 Å². The zero-order chi connectivity index (χ0) is 14.9. The Bertz CT molecular complexity index is 400. The Kier molecular flexibility index (Phi) is 7.04. The van der Waals surface area contributed by atoms with Crippen molar-refractivity contribution in [2.45, 2.75) is 39.2 Å². The van der Waals surface area contributed by atoms with Crippen molar-refractivity contribution in [3.63, 3.8) is 0 Å². The third-order valence-electron chi connectivity index (χ3n) is 4.32. The number of benzene rings is 1. The number of nitrogens with one attached hydrogen (secondary N) is 1. The van der Waals surface area contributed by atoms with Gasteiger partial charge in [-0.25, -0.2) is 0 Å². The van der Waals surface area contributed by atoms with E-state index in [1.165, 1.54) is 37.9 Å². The fraction of sp³-hybridized carbons (Fsp3) is 0.667. The van der Waals surface area contributed by atoms with Crippen molar-refractivity contribution in [3.8, 4) is 5.75 Å². The Labute approximate surface area is 129 Å². The van der Waals surface area contributed by atoms with Crippen LogP contribution in [0.5, 0.6) is 5.75 Å². The lowest BCUT2D eigenvalue weighted by atomic mass is 9.96. The van der Waals surface area contributed by atoms with E-state index in [1.807, 2.05) is 0 Å². The van der Waals surface area contributed by atoms with Crippen LogP contribution in [-0.4, -0.2) is 38.2 Å². The summed E-state index contributed by atoms with van der Waals surface area (Å²) in [4.78, 5) is 2.56. The number of unbranched alkanes of at least 4 members (excludes halogenated alkanes) is 1. The summed E-state index contributed by atoms with van der Waals surface area (Å²) in [5.74, 6) is 1.92. The molecule has 1 aromatic carbocycles. The van der Waals surface area contributed by atoms with Gasteiger partial charge in [0.2, 0.25) is 0 Å². The first-order valence-corrected chi connectivity index (χ1v) is 8.41. The second-order valence-corrected chi connectivity index (χ2v) is 6.09. The molecule has 0 radical (unpaired) electrons. The number of hydrogen-bond acceptors (Lipinski definition) is 3. The van der Waals surface area contributed by atoms with Gasteiger partial charge in [0.05, 0.1) is 6.61 Å². The quantitative estimate of drug-likeness (QED) is 0.744. The maximum Gasteiger partial charge on any atom is 0.123 e. The fourth-order valence-corrected chi connectivity index (χ4v) is 2.98. The van der Waals surface area contributed by atoms with Gasteiger partial charge in [-0.05, 0) is 57.9 Å². The lowest BCUT2D eigenvalue weighted by Gasteiger charge is -2.32. The molecule has 118 valence electrons. The summed E-state index contributed by atoms with van der Waals surface area (Å²) in [5, 5.41) is 3.30. The van der Waals surface area contributed by atoms with Gasteiger partial charge in [-0.2, -0.15) is 0 Å². The molecule has 1 fully saturated rings. The van der Waals surface area contributed by atoms with Gasteiger partial charge in [0.15, 0.2) is 0 Å². The van der Waals surface area contributed by atoms with Crippen molar-refractivity contribution in [2.24, 2.45) is 5.92 Å². The normalized spacial score (nSPS) is 17.0. The lowest BCUT2D eigenvalue weighted by Crippen LogP contribution is -2.36. The van der Waals surface area contributed by atoms with E-state index >= 15 is 0 Å². The molecule has 1 saturated heterocycles. The van der Waals surface area contributed by atoms with E-state index in [4.69, 9.17) is 4.74 Å². The Morgan fingerprint density at radius 3 is 2.71 bits per heavy atom. The minimum absolute atomic E-state index is 0.831. The molecule has 2 rings (SSSR count). The molecule has 3 heteroatoms. The van der Waals surface area contributed by atoms with Crippen molar-refractivity contribution < 1.29 is 4.74 Å². The molecule has 3 nitrogen and oxygen atoms in total. The summed E-state index contributed by atoms with van der Waals surface area (Å²) in [6.07, 6.45) is 4.92. The molecular weight excluding hydrogens is 260 g/mol. The highest BCUT2D eigenvalue weighted by Gasteiger charge is 2.19. The minimum Gasteiger partial charge on any atom is -0.493 e. The molecule has 1 heterocycles. The van der Waals surface area contributed by atoms with E-state index in [0.29, 0.717) is 0 Å². The highest BCUT2D eigenvalue weighted by atomic mass is 16.5. The Balaban J connectivity index is 1.85. The van der Waals surface area contributed by atoms with Crippen molar-refractivity contribution in [1.82, 2.24) is 10.2 Å². The molecular formula is C18H30N2O. The van der Waals surface area contributed by atoms with E-state index in [-0.39, 0.29) is 0 Å². The minimum atomic E-state index is 0.831. The molecule has 0 bridgehead atoms. The summed E-state index contributed by atoms with van der Waals surface area (Å²) in [7, 11) is 2.05. The number of rotatable bonds is 8. The smallest absolute Gasteiger partial charge is 0.123 e. The van der Waals surface area contributed by atoms with Gasteiger partial charge in [-0.3, -0.25) is 4.90 Å². The molecule has 0 aromatic heterocycles. The number of piperidine rings is 1. The first-order valence-electron chi connectivity index (χ1n) is 8.41. The summed E-state index contributed by atoms with van der Waals surface area (Å²) in [5.41, 5.74) is 1.33. The van der Waals surface area contributed by atoms with Crippen molar-refractivity contribution >= 4 is 0 Å². The van der Waals surface area contributed by atoms with Crippen LogP contribution in [0.1, 0.15) is 38.2 Å². The van der Waals surface area contributed by atoms with Gasteiger partial charge < -0.3 is 10.1 Å². The standard InChI is InChI=1S/C18H30N2O/c1-3-4-13-21-18-8-6-5-7-17(18)15-20-11-9-16(10-12-20)14-19-2/h5-8,16,19H,3-4,9-15H2,1-2H3. The van der Waals surface area contributed by atoms with Crippen LogP contribution in [0.25, 0.3) is 0 Å². The topological polar surface area (TPSA) is 24.5 Å². The maximum absolute atomic E-state index is 5.94. The largest absolute Gasteiger partial charge is 0.493 e. The molecule has 0 aliphatic carbocycles. The Morgan fingerprint density at radius 1 is 1.24 bits per heavy atom. The third kappa shape index (κ3) is 5.33. The molecule has 0 atom stereocenters. The van der Waals surface area contributed by atoms with Crippen LogP contribution in [-0.2, 0) is 6.54 Å². The average molecular weight is 290 g/mol. The first kappa shape index (κ1) is 16.3. The van der Waals surface area contributed by atoms with Gasteiger partial charge in [0.25, 0.3) is 0 Å². The van der Waals surface area contributed by atoms with Crippen LogP contribution in [0.15, 0.2) is 24.3 Å². The van der Waals surface area contributed by atoms with Crippen LogP contribution in [0.4, 0.5) is 0 Å². The Morgan fingerprint density at radius 2 is 2.00 bits per heavy atom. The molecule has 0 spiro atoms. The van der Waals surface area contributed by atoms with Gasteiger partial charge in [-0.15, -0.1) is 0 Å². The summed E-state index contributed by atoms with van der Waals surface area (Å²) < 4.78 is 5.94. The SMILES string of the molecule is CCCCOc1ccccc1CN1CCC(CNC)CC1. The Hall–Kier alpha value is -1.06. The predicted molar refractivity (Wildman–Crippen MR) is 88.8 cm³/mol.